The van der Waals surface area contributed by atoms with Gasteiger partial charge in [0.1, 0.15) is 5.82 Å². The van der Waals surface area contributed by atoms with E-state index in [0.717, 1.165) is 17.9 Å². The minimum atomic E-state index is 0.681. The van der Waals surface area contributed by atoms with Crippen LogP contribution in [0.2, 0.25) is 0 Å². The van der Waals surface area contributed by atoms with Crippen molar-refractivity contribution < 1.29 is 0 Å². The van der Waals surface area contributed by atoms with Gasteiger partial charge in [0.15, 0.2) is 0 Å². The molecule has 1 N–H and O–H groups in total. The van der Waals surface area contributed by atoms with E-state index in [1.54, 1.807) is 12.3 Å². The largest absolute Gasteiger partial charge is 0.370 e. The van der Waals surface area contributed by atoms with Crippen LogP contribution < -0.4 is 5.32 Å². The zero-order valence-electron chi connectivity index (χ0n) is 7.26. The Morgan fingerprint density at radius 1 is 1.67 bits per heavy atom. The van der Waals surface area contributed by atoms with E-state index >= 15 is 0 Å². The maximum absolute atomic E-state index is 8.71. The van der Waals surface area contributed by atoms with Crippen molar-refractivity contribution >= 4 is 5.82 Å². The van der Waals surface area contributed by atoms with Crippen LogP contribution in [-0.2, 0) is 0 Å². The molecule has 12 heavy (non-hydrogen) atoms. The first-order chi connectivity index (χ1) is 5.77. The second-order valence-corrected chi connectivity index (χ2v) is 2.53. The first kappa shape index (κ1) is 8.54. The van der Waals surface area contributed by atoms with Crippen LogP contribution >= 0.6 is 0 Å². The Bertz CT molecular complexity index is 312. The molecule has 0 saturated carbocycles. The van der Waals surface area contributed by atoms with Gasteiger partial charge in [0.2, 0.25) is 0 Å². The summed E-state index contributed by atoms with van der Waals surface area (Å²) in [4.78, 5) is 4.11. The van der Waals surface area contributed by atoms with E-state index in [9.17, 15) is 0 Å². The smallest absolute Gasteiger partial charge is 0.127 e. The summed E-state index contributed by atoms with van der Waals surface area (Å²) in [7, 11) is 0. The Morgan fingerprint density at radius 3 is 3.00 bits per heavy atom. The van der Waals surface area contributed by atoms with Gasteiger partial charge in [-0.25, -0.2) is 4.98 Å². The highest BCUT2D eigenvalue weighted by Crippen LogP contribution is 2.09. The van der Waals surface area contributed by atoms with Crippen molar-refractivity contribution in [3.8, 4) is 6.07 Å². The van der Waals surface area contributed by atoms with Crippen molar-refractivity contribution in [3.63, 3.8) is 0 Å². The second-order valence-electron chi connectivity index (χ2n) is 2.53. The molecule has 0 fully saturated rings. The van der Waals surface area contributed by atoms with Gasteiger partial charge >= 0.3 is 0 Å². The second kappa shape index (κ2) is 3.72. The monoisotopic (exact) mass is 161 g/mol. The number of nitrogens with zero attached hydrogens (tertiary/aromatic N) is 2. The zero-order valence-corrected chi connectivity index (χ0v) is 7.26. The third-order valence-corrected chi connectivity index (χ3v) is 1.58. The maximum Gasteiger partial charge on any atom is 0.127 e. The van der Waals surface area contributed by atoms with Gasteiger partial charge in [-0.05, 0) is 25.5 Å². The van der Waals surface area contributed by atoms with Crippen LogP contribution in [0.3, 0.4) is 0 Å². The van der Waals surface area contributed by atoms with Crippen molar-refractivity contribution in [2.45, 2.75) is 13.8 Å². The Balaban J connectivity index is 2.99. The molecular weight excluding hydrogens is 150 g/mol. The number of anilines is 1. The average molecular weight is 161 g/mol. The topological polar surface area (TPSA) is 48.7 Å². The summed E-state index contributed by atoms with van der Waals surface area (Å²) >= 11 is 0. The van der Waals surface area contributed by atoms with E-state index < -0.39 is 0 Å². The van der Waals surface area contributed by atoms with Crippen LogP contribution in [0, 0.1) is 18.3 Å². The fraction of sp³-hybridized carbons (Fsp3) is 0.333. The van der Waals surface area contributed by atoms with Gasteiger partial charge in [-0.1, -0.05) is 0 Å². The summed E-state index contributed by atoms with van der Waals surface area (Å²) in [6.07, 6.45) is 1.70. The molecule has 0 amide bonds. The first-order valence-electron chi connectivity index (χ1n) is 3.88. The molecule has 0 saturated heterocycles. The van der Waals surface area contributed by atoms with Crippen LogP contribution in [0.15, 0.2) is 12.3 Å². The molecule has 1 aromatic rings. The molecule has 0 aromatic carbocycles. The maximum atomic E-state index is 8.71. The normalized spacial score (nSPS) is 9.08. The van der Waals surface area contributed by atoms with Crippen LogP contribution in [-0.4, -0.2) is 11.5 Å². The fourth-order valence-corrected chi connectivity index (χ4v) is 0.922. The van der Waals surface area contributed by atoms with Crippen LogP contribution in [0.1, 0.15) is 18.1 Å². The number of aryl methyl sites for hydroxylation is 1. The number of pyridine rings is 1. The minimum absolute atomic E-state index is 0.681. The predicted octanol–water partition coefficient (Wildman–Crippen LogP) is 1.69. The van der Waals surface area contributed by atoms with Gasteiger partial charge in [0.25, 0.3) is 0 Å². The SMILES string of the molecule is CCNc1cc(C#N)c(C)cn1. The van der Waals surface area contributed by atoms with Gasteiger partial charge in [0, 0.05) is 12.7 Å². The fourth-order valence-electron chi connectivity index (χ4n) is 0.922. The number of hydrogen-bond acceptors (Lipinski definition) is 3. The highest BCUT2D eigenvalue weighted by atomic mass is 15.0. The van der Waals surface area contributed by atoms with E-state index in [1.807, 2.05) is 13.8 Å². The summed E-state index contributed by atoms with van der Waals surface area (Å²) in [6, 6.07) is 3.88. The van der Waals surface area contributed by atoms with E-state index in [2.05, 4.69) is 16.4 Å². The zero-order chi connectivity index (χ0) is 8.97. The summed E-state index contributed by atoms with van der Waals surface area (Å²) in [5, 5.41) is 11.8. The standard InChI is InChI=1S/C9H11N3/c1-3-11-9-4-8(5-10)7(2)6-12-9/h4,6H,3H2,1-2H3,(H,11,12). The molecule has 0 atom stereocenters. The third-order valence-electron chi connectivity index (χ3n) is 1.58. The van der Waals surface area contributed by atoms with E-state index in [4.69, 9.17) is 5.26 Å². The predicted molar refractivity (Wildman–Crippen MR) is 47.9 cm³/mol. The molecule has 0 aliphatic rings. The molecular formula is C9H11N3. The van der Waals surface area contributed by atoms with Crippen LogP contribution in [0.25, 0.3) is 0 Å². The lowest BCUT2D eigenvalue weighted by atomic mass is 10.2. The highest BCUT2D eigenvalue weighted by Gasteiger charge is 1.98. The highest BCUT2D eigenvalue weighted by molar-refractivity contribution is 5.46. The van der Waals surface area contributed by atoms with E-state index in [0.29, 0.717) is 5.56 Å². The molecule has 3 nitrogen and oxygen atoms in total. The molecule has 0 unspecified atom stereocenters. The Hall–Kier alpha value is -1.56. The van der Waals surface area contributed by atoms with Crippen molar-refractivity contribution in [3.05, 3.63) is 23.4 Å². The van der Waals surface area contributed by atoms with E-state index in [1.165, 1.54) is 0 Å². The molecule has 0 radical (unpaired) electrons. The van der Waals surface area contributed by atoms with Crippen molar-refractivity contribution in [2.24, 2.45) is 0 Å². The van der Waals surface area contributed by atoms with Gasteiger partial charge in [-0.3, -0.25) is 0 Å². The molecule has 1 rings (SSSR count). The lowest BCUT2D eigenvalue weighted by Crippen LogP contribution is -1.99. The summed E-state index contributed by atoms with van der Waals surface area (Å²) in [5.41, 5.74) is 1.60. The lowest BCUT2D eigenvalue weighted by molar-refractivity contribution is 1.14. The van der Waals surface area contributed by atoms with Gasteiger partial charge in [0.05, 0.1) is 11.6 Å². The van der Waals surface area contributed by atoms with Crippen molar-refractivity contribution in [1.82, 2.24) is 4.98 Å². The Labute approximate surface area is 72.1 Å². The number of aromatic nitrogens is 1. The Morgan fingerprint density at radius 2 is 2.42 bits per heavy atom. The quantitative estimate of drug-likeness (QED) is 0.718. The Kier molecular flexibility index (Phi) is 2.65. The molecule has 0 aliphatic heterocycles. The van der Waals surface area contributed by atoms with Gasteiger partial charge < -0.3 is 5.32 Å². The lowest BCUT2D eigenvalue weighted by Gasteiger charge is -2.02. The summed E-state index contributed by atoms with van der Waals surface area (Å²) < 4.78 is 0. The van der Waals surface area contributed by atoms with E-state index in [-0.39, 0.29) is 0 Å². The third kappa shape index (κ3) is 1.73. The molecule has 62 valence electrons. The van der Waals surface area contributed by atoms with Gasteiger partial charge in [-0.15, -0.1) is 0 Å². The average Bonchev–Trinajstić information content (AvgIpc) is 2.09. The van der Waals surface area contributed by atoms with Gasteiger partial charge in [-0.2, -0.15) is 5.26 Å². The molecule has 1 aromatic heterocycles. The number of nitriles is 1. The number of nitrogens with one attached hydrogen (secondary N) is 1. The summed E-state index contributed by atoms with van der Waals surface area (Å²) in [6.45, 7) is 4.69. The van der Waals surface area contributed by atoms with Crippen LogP contribution in [0.5, 0.6) is 0 Å². The number of hydrogen-bond donors (Lipinski definition) is 1. The molecule has 0 spiro atoms. The number of rotatable bonds is 2. The molecule has 0 bridgehead atoms. The molecule has 1 heterocycles. The van der Waals surface area contributed by atoms with Crippen molar-refractivity contribution in [2.75, 3.05) is 11.9 Å². The van der Waals surface area contributed by atoms with Crippen molar-refractivity contribution in [1.29, 1.82) is 5.26 Å². The molecule has 0 aliphatic carbocycles. The first-order valence-corrected chi connectivity index (χ1v) is 3.88. The molecule has 3 heteroatoms. The van der Waals surface area contributed by atoms with Crippen LogP contribution in [0.4, 0.5) is 5.82 Å². The summed E-state index contributed by atoms with van der Waals surface area (Å²) in [5.74, 6) is 0.764. The minimum Gasteiger partial charge on any atom is -0.370 e.